The fourth-order valence-electron chi connectivity index (χ4n) is 2.14. The van der Waals surface area contributed by atoms with Gasteiger partial charge >= 0.3 is 0 Å². The summed E-state index contributed by atoms with van der Waals surface area (Å²) in [6.07, 6.45) is 4.79. The summed E-state index contributed by atoms with van der Waals surface area (Å²) >= 11 is 6.21. The standard InChI is InChI=1S/C15H24ClN/c1-3-7-13(12-17-10-4-2)11-14-8-5-6-9-15(14)16/h5-6,8-9,13,17H,3-4,7,10-12H2,1-2H3. The van der Waals surface area contributed by atoms with E-state index in [9.17, 15) is 0 Å². The Bertz CT molecular complexity index is 312. The summed E-state index contributed by atoms with van der Waals surface area (Å²) in [7, 11) is 0. The monoisotopic (exact) mass is 253 g/mol. The zero-order chi connectivity index (χ0) is 12.5. The molecule has 1 N–H and O–H groups in total. The fraction of sp³-hybridized carbons (Fsp3) is 0.600. The quantitative estimate of drug-likeness (QED) is 0.682. The van der Waals surface area contributed by atoms with Crippen LogP contribution in [0.3, 0.4) is 0 Å². The Morgan fingerprint density at radius 2 is 1.94 bits per heavy atom. The number of benzene rings is 1. The molecule has 0 heterocycles. The van der Waals surface area contributed by atoms with Crippen LogP contribution in [0.15, 0.2) is 24.3 Å². The maximum Gasteiger partial charge on any atom is 0.0438 e. The average molecular weight is 254 g/mol. The molecule has 0 aliphatic heterocycles. The summed E-state index contributed by atoms with van der Waals surface area (Å²) < 4.78 is 0. The first-order valence-electron chi connectivity index (χ1n) is 6.72. The van der Waals surface area contributed by atoms with Crippen molar-refractivity contribution in [3.8, 4) is 0 Å². The van der Waals surface area contributed by atoms with Gasteiger partial charge in [-0.1, -0.05) is 50.1 Å². The molecule has 1 aromatic rings. The Balaban J connectivity index is 2.50. The molecule has 1 aromatic carbocycles. The summed E-state index contributed by atoms with van der Waals surface area (Å²) in [4.78, 5) is 0. The van der Waals surface area contributed by atoms with Gasteiger partial charge in [0.25, 0.3) is 0 Å². The van der Waals surface area contributed by atoms with Crippen LogP contribution in [-0.2, 0) is 6.42 Å². The number of nitrogens with one attached hydrogen (secondary N) is 1. The van der Waals surface area contributed by atoms with Gasteiger partial charge in [-0.15, -0.1) is 0 Å². The van der Waals surface area contributed by atoms with Crippen molar-refractivity contribution in [2.24, 2.45) is 5.92 Å². The molecule has 0 bridgehead atoms. The van der Waals surface area contributed by atoms with E-state index in [1.165, 1.54) is 24.8 Å². The Labute approximate surface area is 111 Å². The van der Waals surface area contributed by atoms with Crippen molar-refractivity contribution in [1.82, 2.24) is 5.32 Å². The molecule has 1 unspecified atom stereocenters. The minimum Gasteiger partial charge on any atom is -0.316 e. The maximum absolute atomic E-state index is 6.21. The third-order valence-electron chi connectivity index (χ3n) is 3.02. The zero-order valence-electron chi connectivity index (χ0n) is 11.0. The van der Waals surface area contributed by atoms with Crippen LogP contribution in [0.5, 0.6) is 0 Å². The maximum atomic E-state index is 6.21. The van der Waals surface area contributed by atoms with E-state index in [0.717, 1.165) is 24.5 Å². The molecular weight excluding hydrogens is 230 g/mol. The van der Waals surface area contributed by atoms with Crippen molar-refractivity contribution >= 4 is 11.6 Å². The Hall–Kier alpha value is -0.530. The first-order chi connectivity index (χ1) is 8.27. The average Bonchev–Trinajstić information content (AvgIpc) is 2.32. The molecule has 0 amide bonds. The van der Waals surface area contributed by atoms with E-state index < -0.39 is 0 Å². The summed E-state index contributed by atoms with van der Waals surface area (Å²) in [6.45, 7) is 6.67. The lowest BCUT2D eigenvalue weighted by atomic mass is 9.95. The van der Waals surface area contributed by atoms with Crippen molar-refractivity contribution in [2.75, 3.05) is 13.1 Å². The van der Waals surface area contributed by atoms with Gasteiger partial charge in [0, 0.05) is 5.02 Å². The van der Waals surface area contributed by atoms with Gasteiger partial charge in [0.2, 0.25) is 0 Å². The Morgan fingerprint density at radius 3 is 2.59 bits per heavy atom. The highest BCUT2D eigenvalue weighted by Gasteiger charge is 2.10. The first-order valence-corrected chi connectivity index (χ1v) is 7.09. The van der Waals surface area contributed by atoms with Gasteiger partial charge < -0.3 is 5.32 Å². The van der Waals surface area contributed by atoms with Crippen LogP contribution in [0.25, 0.3) is 0 Å². The van der Waals surface area contributed by atoms with Gasteiger partial charge in [0.15, 0.2) is 0 Å². The topological polar surface area (TPSA) is 12.0 Å². The molecule has 0 aliphatic rings. The van der Waals surface area contributed by atoms with E-state index in [-0.39, 0.29) is 0 Å². The third kappa shape index (κ3) is 5.56. The van der Waals surface area contributed by atoms with Gasteiger partial charge in [0.05, 0.1) is 0 Å². The van der Waals surface area contributed by atoms with Crippen LogP contribution in [0.2, 0.25) is 5.02 Å². The lowest BCUT2D eigenvalue weighted by Crippen LogP contribution is -2.25. The molecule has 0 spiro atoms. The third-order valence-corrected chi connectivity index (χ3v) is 3.39. The molecule has 0 radical (unpaired) electrons. The molecular formula is C15H24ClN. The highest BCUT2D eigenvalue weighted by Crippen LogP contribution is 2.20. The van der Waals surface area contributed by atoms with Crippen LogP contribution in [-0.4, -0.2) is 13.1 Å². The summed E-state index contributed by atoms with van der Waals surface area (Å²) in [6, 6.07) is 8.20. The molecule has 17 heavy (non-hydrogen) atoms. The molecule has 1 nitrogen and oxygen atoms in total. The van der Waals surface area contributed by atoms with Gasteiger partial charge in [-0.05, 0) is 49.9 Å². The normalized spacial score (nSPS) is 12.6. The molecule has 0 saturated heterocycles. The van der Waals surface area contributed by atoms with Crippen LogP contribution in [0.4, 0.5) is 0 Å². The lowest BCUT2D eigenvalue weighted by Gasteiger charge is -2.17. The highest BCUT2D eigenvalue weighted by atomic mass is 35.5. The lowest BCUT2D eigenvalue weighted by molar-refractivity contribution is 0.439. The van der Waals surface area contributed by atoms with Gasteiger partial charge in [-0.2, -0.15) is 0 Å². The number of hydrogen-bond acceptors (Lipinski definition) is 1. The van der Waals surface area contributed by atoms with Gasteiger partial charge in [-0.25, -0.2) is 0 Å². The Kier molecular flexibility index (Phi) is 7.30. The van der Waals surface area contributed by atoms with Crippen molar-refractivity contribution in [1.29, 1.82) is 0 Å². The molecule has 0 aliphatic carbocycles. The van der Waals surface area contributed by atoms with Gasteiger partial charge in [-0.3, -0.25) is 0 Å². The molecule has 0 fully saturated rings. The van der Waals surface area contributed by atoms with Crippen LogP contribution in [0, 0.1) is 5.92 Å². The Morgan fingerprint density at radius 1 is 1.18 bits per heavy atom. The van der Waals surface area contributed by atoms with E-state index in [0.29, 0.717) is 5.92 Å². The van der Waals surface area contributed by atoms with E-state index >= 15 is 0 Å². The minimum absolute atomic E-state index is 0.700. The molecule has 0 saturated carbocycles. The van der Waals surface area contributed by atoms with Crippen LogP contribution in [0.1, 0.15) is 38.7 Å². The second-order valence-electron chi connectivity index (χ2n) is 4.65. The summed E-state index contributed by atoms with van der Waals surface area (Å²) in [5.41, 5.74) is 1.28. The van der Waals surface area contributed by atoms with E-state index in [2.05, 4.69) is 31.3 Å². The number of hydrogen-bond donors (Lipinski definition) is 1. The molecule has 0 aromatic heterocycles. The predicted molar refractivity (Wildman–Crippen MR) is 76.7 cm³/mol. The van der Waals surface area contributed by atoms with Crippen molar-refractivity contribution in [2.45, 2.75) is 39.5 Å². The van der Waals surface area contributed by atoms with Crippen LogP contribution < -0.4 is 5.32 Å². The van der Waals surface area contributed by atoms with Crippen LogP contribution >= 0.6 is 11.6 Å². The summed E-state index contributed by atoms with van der Waals surface area (Å²) in [5, 5.41) is 4.42. The number of rotatable bonds is 8. The first kappa shape index (κ1) is 14.5. The molecule has 96 valence electrons. The van der Waals surface area contributed by atoms with Crippen molar-refractivity contribution in [3.63, 3.8) is 0 Å². The summed E-state index contributed by atoms with van der Waals surface area (Å²) in [5.74, 6) is 0.700. The van der Waals surface area contributed by atoms with E-state index in [4.69, 9.17) is 11.6 Å². The van der Waals surface area contributed by atoms with Crippen molar-refractivity contribution in [3.05, 3.63) is 34.9 Å². The van der Waals surface area contributed by atoms with E-state index in [1.807, 2.05) is 12.1 Å². The van der Waals surface area contributed by atoms with Gasteiger partial charge in [0.1, 0.15) is 0 Å². The largest absolute Gasteiger partial charge is 0.316 e. The minimum atomic E-state index is 0.700. The predicted octanol–water partition coefficient (Wildman–Crippen LogP) is 4.30. The zero-order valence-corrected chi connectivity index (χ0v) is 11.8. The highest BCUT2D eigenvalue weighted by molar-refractivity contribution is 6.31. The molecule has 2 heteroatoms. The SMILES string of the molecule is CCCNCC(CCC)Cc1ccccc1Cl. The molecule has 1 rings (SSSR count). The second kappa shape index (κ2) is 8.54. The second-order valence-corrected chi connectivity index (χ2v) is 5.06. The smallest absolute Gasteiger partial charge is 0.0438 e. The molecule has 1 atom stereocenters. The van der Waals surface area contributed by atoms with Crippen molar-refractivity contribution < 1.29 is 0 Å². The number of halogens is 1. The fourth-order valence-corrected chi connectivity index (χ4v) is 2.36. The van der Waals surface area contributed by atoms with E-state index in [1.54, 1.807) is 0 Å².